The summed E-state index contributed by atoms with van der Waals surface area (Å²) in [5.74, 6) is -0.941. The maximum Gasteiger partial charge on any atom is 0.256 e. The molecular formula is C11H20N2O3. The summed E-state index contributed by atoms with van der Waals surface area (Å²) in [5, 5.41) is 28.5. The quantitative estimate of drug-likeness (QED) is 0.326. The third-order valence-corrected chi connectivity index (χ3v) is 1.85. The van der Waals surface area contributed by atoms with Gasteiger partial charge in [-0.1, -0.05) is 20.8 Å². The molecule has 5 heteroatoms. The fourth-order valence-electron chi connectivity index (χ4n) is 0.665. The highest BCUT2D eigenvalue weighted by Crippen LogP contribution is 2.21. The zero-order valence-electron chi connectivity index (χ0n) is 10.4. The van der Waals surface area contributed by atoms with E-state index in [-0.39, 0.29) is 11.6 Å². The maximum absolute atomic E-state index is 11.3. The molecule has 0 bridgehead atoms. The van der Waals surface area contributed by atoms with Gasteiger partial charge in [0, 0.05) is 11.5 Å². The Morgan fingerprint density at radius 1 is 1.25 bits per heavy atom. The number of amidine groups is 1. The molecule has 0 atom stereocenters. The fraction of sp³-hybridized carbons (Fsp3) is 0.636. The van der Waals surface area contributed by atoms with Gasteiger partial charge in [-0.25, -0.2) is 0 Å². The lowest BCUT2D eigenvalue weighted by Gasteiger charge is -2.19. The molecule has 0 aliphatic heterocycles. The Morgan fingerprint density at radius 3 is 2.00 bits per heavy atom. The minimum Gasteiger partial charge on any atom is -0.512 e. The van der Waals surface area contributed by atoms with E-state index in [4.69, 9.17) is 5.41 Å². The largest absolute Gasteiger partial charge is 0.512 e. The molecular weight excluding hydrogens is 208 g/mol. The number of rotatable bonds is 2. The van der Waals surface area contributed by atoms with E-state index in [1.165, 1.54) is 13.8 Å². The zero-order chi connectivity index (χ0) is 13.1. The van der Waals surface area contributed by atoms with Crippen molar-refractivity contribution in [1.82, 2.24) is 5.32 Å². The summed E-state index contributed by atoms with van der Waals surface area (Å²) < 4.78 is 0. The number of hydrogen-bond donors (Lipinski definition) is 4. The van der Waals surface area contributed by atoms with Crippen LogP contribution in [0.1, 0.15) is 34.6 Å². The van der Waals surface area contributed by atoms with Crippen molar-refractivity contribution in [2.24, 2.45) is 5.41 Å². The van der Waals surface area contributed by atoms with Crippen molar-refractivity contribution in [3.63, 3.8) is 0 Å². The molecule has 0 fully saturated rings. The summed E-state index contributed by atoms with van der Waals surface area (Å²) in [6.07, 6.45) is 1.16. The Bertz CT molecular complexity index is 319. The van der Waals surface area contributed by atoms with Crippen LogP contribution in [0.4, 0.5) is 0 Å². The van der Waals surface area contributed by atoms with Crippen molar-refractivity contribution >= 4 is 11.7 Å². The first-order chi connectivity index (χ1) is 6.94. The summed E-state index contributed by atoms with van der Waals surface area (Å²) in [6, 6.07) is 0. The van der Waals surface area contributed by atoms with Crippen LogP contribution in [0.3, 0.4) is 0 Å². The van der Waals surface area contributed by atoms with Gasteiger partial charge >= 0.3 is 0 Å². The van der Waals surface area contributed by atoms with Gasteiger partial charge < -0.3 is 15.5 Å². The lowest BCUT2D eigenvalue weighted by atomic mass is 9.93. The minimum atomic E-state index is -1.54. The van der Waals surface area contributed by atoms with E-state index in [9.17, 15) is 15.0 Å². The van der Waals surface area contributed by atoms with Crippen LogP contribution in [0.25, 0.3) is 0 Å². The summed E-state index contributed by atoms with van der Waals surface area (Å²) >= 11 is 0. The van der Waals surface area contributed by atoms with E-state index in [1.54, 1.807) is 20.8 Å². The molecule has 0 rings (SSSR count). The van der Waals surface area contributed by atoms with Crippen molar-refractivity contribution < 1.29 is 15.0 Å². The minimum absolute atomic E-state index is 0.00598. The molecule has 92 valence electrons. The number of amides is 1. The molecule has 0 aromatic heterocycles. The third-order valence-electron chi connectivity index (χ3n) is 1.85. The Labute approximate surface area is 95.7 Å². The van der Waals surface area contributed by atoms with Crippen molar-refractivity contribution in [2.75, 3.05) is 0 Å². The number of hydrogen-bond acceptors (Lipinski definition) is 4. The van der Waals surface area contributed by atoms with Crippen LogP contribution in [-0.4, -0.2) is 27.6 Å². The number of aliphatic hydroxyl groups is 2. The number of allylic oxidation sites excluding steroid dienone is 1. The Morgan fingerprint density at radius 2 is 1.69 bits per heavy atom. The van der Waals surface area contributed by atoms with Gasteiger partial charge in [-0.2, -0.15) is 0 Å². The fourth-order valence-corrected chi connectivity index (χ4v) is 0.665. The first-order valence-corrected chi connectivity index (χ1v) is 4.98. The average molecular weight is 228 g/mol. The lowest BCUT2D eigenvalue weighted by Crippen LogP contribution is -2.44. The van der Waals surface area contributed by atoms with Gasteiger partial charge in [0.1, 0.15) is 17.2 Å². The number of aliphatic hydroxyl groups excluding tert-OH is 1. The van der Waals surface area contributed by atoms with Crippen molar-refractivity contribution in [1.29, 1.82) is 5.41 Å². The van der Waals surface area contributed by atoms with Crippen molar-refractivity contribution in [3.8, 4) is 0 Å². The maximum atomic E-state index is 11.3. The summed E-state index contributed by atoms with van der Waals surface area (Å²) in [6.45, 7) is 7.99. The van der Waals surface area contributed by atoms with Crippen LogP contribution in [0.15, 0.2) is 11.8 Å². The molecule has 0 aliphatic rings. The van der Waals surface area contributed by atoms with E-state index >= 15 is 0 Å². The molecule has 0 aromatic carbocycles. The zero-order valence-corrected chi connectivity index (χ0v) is 10.4. The van der Waals surface area contributed by atoms with E-state index in [2.05, 4.69) is 5.32 Å². The normalized spacial score (nSPS) is 13.5. The Hall–Kier alpha value is -1.36. The molecule has 16 heavy (non-hydrogen) atoms. The second-order valence-electron chi connectivity index (χ2n) is 5.21. The molecule has 0 saturated carbocycles. The molecule has 0 saturated heterocycles. The number of nitrogens with one attached hydrogen (secondary N) is 2. The molecule has 0 unspecified atom stereocenters. The summed E-state index contributed by atoms with van der Waals surface area (Å²) in [4.78, 5) is 11.3. The van der Waals surface area contributed by atoms with Gasteiger partial charge in [0.15, 0.2) is 0 Å². The molecule has 0 heterocycles. The number of carbonyl (C=O) groups is 1. The molecule has 5 nitrogen and oxygen atoms in total. The molecule has 0 radical (unpaired) electrons. The smallest absolute Gasteiger partial charge is 0.256 e. The third kappa shape index (κ3) is 4.93. The van der Waals surface area contributed by atoms with Crippen LogP contribution in [0, 0.1) is 10.8 Å². The highest BCUT2D eigenvalue weighted by molar-refractivity contribution is 6.05. The molecule has 0 aromatic rings. The molecule has 0 spiro atoms. The molecule has 0 aliphatic carbocycles. The van der Waals surface area contributed by atoms with Crippen LogP contribution in [-0.2, 0) is 4.79 Å². The van der Waals surface area contributed by atoms with Gasteiger partial charge in [0.25, 0.3) is 5.91 Å². The Kier molecular flexibility index (Phi) is 4.26. The summed E-state index contributed by atoms with van der Waals surface area (Å²) in [7, 11) is 0. The monoisotopic (exact) mass is 228 g/mol. The van der Waals surface area contributed by atoms with Gasteiger partial charge in [-0.3, -0.25) is 10.2 Å². The molecule has 4 N–H and O–H groups in total. The predicted octanol–water partition coefficient (Wildman–Crippen LogP) is 1.34. The average Bonchev–Trinajstić information content (AvgIpc) is 1.99. The molecule has 1 amide bonds. The van der Waals surface area contributed by atoms with Gasteiger partial charge in [0.2, 0.25) is 0 Å². The van der Waals surface area contributed by atoms with E-state index in [1.807, 2.05) is 0 Å². The van der Waals surface area contributed by atoms with E-state index in [0.717, 1.165) is 6.08 Å². The summed E-state index contributed by atoms with van der Waals surface area (Å²) in [5.41, 5.74) is -2.02. The highest BCUT2D eigenvalue weighted by atomic mass is 16.3. The van der Waals surface area contributed by atoms with Gasteiger partial charge in [0.05, 0.1) is 0 Å². The van der Waals surface area contributed by atoms with Crippen LogP contribution in [0.5, 0.6) is 0 Å². The predicted molar refractivity (Wildman–Crippen MR) is 62.3 cm³/mol. The number of carbonyl (C=O) groups excluding carboxylic acids is 1. The Balaban J connectivity index is 4.59. The van der Waals surface area contributed by atoms with E-state index in [0.29, 0.717) is 0 Å². The highest BCUT2D eigenvalue weighted by Gasteiger charge is 2.24. The second-order valence-corrected chi connectivity index (χ2v) is 5.21. The van der Waals surface area contributed by atoms with Gasteiger partial charge in [-0.15, -0.1) is 0 Å². The first-order valence-electron chi connectivity index (χ1n) is 4.98. The van der Waals surface area contributed by atoms with Crippen LogP contribution >= 0.6 is 0 Å². The van der Waals surface area contributed by atoms with Crippen molar-refractivity contribution in [2.45, 2.75) is 40.2 Å². The lowest BCUT2D eigenvalue weighted by molar-refractivity contribution is -0.134. The van der Waals surface area contributed by atoms with E-state index < -0.39 is 16.9 Å². The van der Waals surface area contributed by atoms with Crippen molar-refractivity contribution in [3.05, 3.63) is 11.8 Å². The first kappa shape index (κ1) is 14.6. The second kappa shape index (κ2) is 4.65. The van der Waals surface area contributed by atoms with Crippen LogP contribution < -0.4 is 5.32 Å². The standard InChI is InChI=1S/C11H20N2O3/c1-10(2,3)7(14)6-8(12)13-9(15)11(4,5)16/h6,14,16H,1-5H3,(H2,12,13,15)/b7-6-. The van der Waals surface area contributed by atoms with Crippen LogP contribution in [0.2, 0.25) is 0 Å². The van der Waals surface area contributed by atoms with Gasteiger partial charge in [-0.05, 0) is 13.8 Å². The SMILES string of the molecule is CC(C)(O)C(=O)NC(=N)/C=C(\O)C(C)(C)C. The topological polar surface area (TPSA) is 93.4 Å².